The summed E-state index contributed by atoms with van der Waals surface area (Å²) >= 11 is 0. The highest BCUT2D eigenvalue weighted by molar-refractivity contribution is 7.91. The van der Waals surface area contributed by atoms with Crippen molar-refractivity contribution in [3.8, 4) is 5.75 Å². The Labute approximate surface area is 132 Å². The van der Waals surface area contributed by atoms with Crippen LogP contribution < -0.4 is 15.8 Å². The summed E-state index contributed by atoms with van der Waals surface area (Å²) < 4.78 is 29.6. The maximum Gasteiger partial charge on any atom is 0.223 e. The number of benzene rings is 1. The lowest BCUT2D eigenvalue weighted by atomic mass is 10.2. The number of methoxy groups -OCH3 is 1. The minimum atomic E-state index is -3.51. The molecule has 1 rings (SSSR count). The van der Waals surface area contributed by atoms with Gasteiger partial charge in [-0.15, -0.1) is 0 Å². The molecule has 22 heavy (non-hydrogen) atoms. The number of carbonyl (C=O) groups excluding carboxylic acids is 1. The number of nitrogens with two attached hydrogens (primary N) is 1. The first-order chi connectivity index (χ1) is 10.3. The Morgan fingerprint density at radius 3 is 2.36 bits per heavy atom. The lowest BCUT2D eigenvalue weighted by Gasteiger charge is -2.13. The van der Waals surface area contributed by atoms with Crippen LogP contribution in [0.4, 0.5) is 0 Å². The molecule has 6 nitrogen and oxygen atoms in total. The Kier molecular flexibility index (Phi) is 6.83. The monoisotopic (exact) mass is 328 g/mol. The lowest BCUT2D eigenvalue weighted by molar-refractivity contribution is -0.123. The van der Waals surface area contributed by atoms with E-state index in [0.29, 0.717) is 18.7 Å². The largest absolute Gasteiger partial charge is 0.497 e. The van der Waals surface area contributed by atoms with Crippen LogP contribution in [-0.4, -0.2) is 39.8 Å². The highest BCUT2D eigenvalue weighted by Gasteiger charge is 2.23. The van der Waals surface area contributed by atoms with E-state index >= 15 is 0 Å². The molecule has 0 aliphatic heterocycles. The van der Waals surface area contributed by atoms with Crippen molar-refractivity contribution in [2.75, 3.05) is 19.4 Å². The van der Waals surface area contributed by atoms with Gasteiger partial charge in [0.05, 0.1) is 17.8 Å². The fourth-order valence-electron chi connectivity index (χ4n) is 1.88. The van der Waals surface area contributed by atoms with Gasteiger partial charge in [-0.05, 0) is 37.6 Å². The van der Waals surface area contributed by atoms with Crippen LogP contribution in [0.1, 0.15) is 20.3 Å². The third-order valence-corrected chi connectivity index (χ3v) is 5.16. The highest BCUT2D eigenvalue weighted by Crippen LogP contribution is 2.18. The zero-order valence-electron chi connectivity index (χ0n) is 13.2. The summed E-state index contributed by atoms with van der Waals surface area (Å²) in [6.07, 6.45) is 0.656. The third kappa shape index (κ3) is 5.65. The van der Waals surface area contributed by atoms with Crippen LogP contribution in [0.15, 0.2) is 29.2 Å². The minimum Gasteiger partial charge on any atom is -0.497 e. The van der Waals surface area contributed by atoms with Crippen molar-refractivity contribution in [1.29, 1.82) is 0 Å². The van der Waals surface area contributed by atoms with Gasteiger partial charge in [-0.3, -0.25) is 4.79 Å². The second-order valence-electron chi connectivity index (χ2n) is 5.41. The number of carbonyl (C=O) groups is 1. The molecule has 2 unspecified atom stereocenters. The molecule has 0 radical (unpaired) electrons. The molecule has 0 bridgehead atoms. The van der Waals surface area contributed by atoms with Crippen molar-refractivity contribution in [3.63, 3.8) is 0 Å². The summed E-state index contributed by atoms with van der Waals surface area (Å²) in [6, 6.07) is 6.13. The molecule has 0 spiro atoms. The molecule has 3 N–H and O–H groups in total. The van der Waals surface area contributed by atoms with Gasteiger partial charge in [0.2, 0.25) is 5.91 Å². The fraction of sp³-hybridized carbons (Fsp3) is 0.533. The summed E-state index contributed by atoms with van der Waals surface area (Å²) in [5.41, 5.74) is 5.60. The molecule has 7 heteroatoms. The number of rotatable bonds is 8. The lowest BCUT2D eigenvalue weighted by Crippen LogP contribution is -2.35. The molecular weight excluding hydrogens is 304 g/mol. The van der Waals surface area contributed by atoms with Gasteiger partial charge in [-0.1, -0.05) is 6.92 Å². The van der Waals surface area contributed by atoms with Crippen LogP contribution >= 0.6 is 0 Å². The predicted octanol–water partition coefficient (Wildman–Crippen LogP) is 0.959. The van der Waals surface area contributed by atoms with Gasteiger partial charge in [-0.2, -0.15) is 0 Å². The van der Waals surface area contributed by atoms with E-state index in [0.717, 1.165) is 0 Å². The number of hydrogen-bond donors (Lipinski definition) is 2. The Balaban J connectivity index is 2.64. The Hall–Kier alpha value is -1.60. The third-order valence-electron chi connectivity index (χ3n) is 3.23. The Morgan fingerprint density at radius 1 is 1.27 bits per heavy atom. The maximum atomic E-state index is 12.3. The van der Waals surface area contributed by atoms with Crippen LogP contribution in [0.2, 0.25) is 0 Å². The zero-order chi connectivity index (χ0) is 16.8. The van der Waals surface area contributed by atoms with E-state index in [1.165, 1.54) is 19.2 Å². The standard InChI is InChI=1S/C15H24N2O4S/c1-11(15(18)17-9-8-12(2)16)10-22(19,20)14-6-4-13(21-3)5-7-14/h4-7,11-12H,8-10,16H2,1-3H3,(H,17,18). The molecule has 0 aliphatic carbocycles. The van der Waals surface area contributed by atoms with Crippen molar-refractivity contribution in [1.82, 2.24) is 5.32 Å². The zero-order valence-corrected chi connectivity index (χ0v) is 14.0. The molecular formula is C15H24N2O4S. The first kappa shape index (κ1) is 18.4. The molecule has 124 valence electrons. The molecule has 1 amide bonds. The summed E-state index contributed by atoms with van der Waals surface area (Å²) in [4.78, 5) is 12.1. The smallest absolute Gasteiger partial charge is 0.223 e. The van der Waals surface area contributed by atoms with Crippen LogP contribution in [0.3, 0.4) is 0 Å². The fourth-order valence-corrected chi connectivity index (χ4v) is 3.43. The topological polar surface area (TPSA) is 98.5 Å². The second kappa shape index (κ2) is 8.14. The molecule has 2 atom stereocenters. The summed E-state index contributed by atoms with van der Waals surface area (Å²) in [5, 5.41) is 2.70. The SMILES string of the molecule is COc1ccc(S(=O)(=O)CC(C)C(=O)NCCC(C)N)cc1. The molecule has 1 aromatic carbocycles. The minimum absolute atomic E-state index is 0.00126. The van der Waals surface area contributed by atoms with E-state index in [9.17, 15) is 13.2 Å². The van der Waals surface area contributed by atoms with E-state index in [4.69, 9.17) is 10.5 Å². The first-order valence-corrected chi connectivity index (χ1v) is 8.81. The predicted molar refractivity (Wildman–Crippen MR) is 85.5 cm³/mol. The van der Waals surface area contributed by atoms with Crippen molar-refractivity contribution in [2.24, 2.45) is 11.7 Å². The normalized spacial score (nSPS) is 14.2. The van der Waals surface area contributed by atoms with E-state index < -0.39 is 15.8 Å². The van der Waals surface area contributed by atoms with Crippen LogP contribution in [-0.2, 0) is 14.6 Å². The summed E-state index contributed by atoms with van der Waals surface area (Å²) in [7, 11) is -2.00. The molecule has 0 saturated carbocycles. The van der Waals surface area contributed by atoms with Crippen LogP contribution in [0.25, 0.3) is 0 Å². The van der Waals surface area contributed by atoms with Crippen LogP contribution in [0.5, 0.6) is 5.75 Å². The number of ether oxygens (including phenoxy) is 1. The van der Waals surface area contributed by atoms with E-state index in [2.05, 4.69) is 5.32 Å². The number of nitrogens with one attached hydrogen (secondary N) is 1. The molecule has 1 aromatic rings. The quantitative estimate of drug-likeness (QED) is 0.740. The Morgan fingerprint density at radius 2 is 1.86 bits per heavy atom. The van der Waals surface area contributed by atoms with Crippen molar-refractivity contribution >= 4 is 15.7 Å². The van der Waals surface area contributed by atoms with Crippen molar-refractivity contribution < 1.29 is 17.9 Å². The maximum absolute atomic E-state index is 12.3. The molecule has 0 aromatic heterocycles. The highest BCUT2D eigenvalue weighted by atomic mass is 32.2. The van der Waals surface area contributed by atoms with Gasteiger partial charge in [0, 0.05) is 18.5 Å². The van der Waals surface area contributed by atoms with Crippen molar-refractivity contribution in [2.45, 2.75) is 31.2 Å². The van der Waals surface area contributed by atoms with Crippen LogP contribution in [0, 0.1) is 5.92 Å². The van der Waals surface area contributed by atoms with E-state index in [1.807, 2.05) is 6.92 Å². The first-order valence-electron chi connectivity index (χ1n) is 7.16. The van der Waals surface area contributed by atoms with Gasteiger partial charge in [0.15, 0.2) is 9.84 Å². The molecule has 0 saturated heterocycles. The van der Waals surface area contributed by atoms with E-state index in [1.54, 1.807) is 19.1 Å². The second-order valence-corrected chi connectivity index (χ2v) is 7.45. The van der Waals surface area contributed by atoms with E-state index in [-0.39, 0.29) is 22.6 Å². The van der Waals surface area contributed by atoms with Gasteiger partial charge >= 0.3 is 0 Å². The summed E-state index contributed by atoms with van der Waals surface area (Å²) in [5.74, 6) is -0.554. The molecule has 0 heterocycles. The van der Waals surface area contributed by atoms with Gasteiger partial charge in [0.1, 0.15) is 5.75 Å². The summed E-state index contributed by atoms with van der Waals surface area (Å²) in [6.45, 7) is 3.90. The molecule has 0 fully saturated rings. The number of hydrogen-bond acceptors (Lipinski definition) is 5. The number of amides is 1. The average Bonchev–Trinajstić information content (AvgIpc) is 2.46. The Bertz CT molecular complexity index is 582. The average molecular weight is 328 g/mol. The van der Waals surface area contributed by atoms with Crippen molar-refractivity contribution in [3.05, 3.63) is 24.3 Å². The molecule has 0 aliphatic rings. The van der Waals surface area contributed by atoms with Gasteiger partial charge in [-0.25, -0.2) is 8.42 Å². The van der Waals surface area contributed by atoms with Gasteiger partial charge < -0.3 is 15.8 Å². The number of sulfone groups is 1. The van der Waals surface area contributed by atoms with Gasteiger partial charge in [0.25, 0.3) is 0 Å².